The van der Waals surface area contributed by atoms with Gasteiger partial charge in [-0.15, -0.1) is 0 Å². The molecule has 2 aliphatic rings. The van der Waals surface area contributed by atoms with Crippen LogP contribution in [0.1, 0.15) is 33.6 Å². The first-order valence-corrected chi connectivity index (χ1v) is 6.65. The average Bonchev–Trinajstić information content (AvgIpc) is 3.08. The molecule has 0 unspecified atom stereocenters. The molecule has 0 spiro atoms. The standard InChI is InChI=1S/C13H23NO4/c1-13(2,3)18-12(15)14-6-4-5-10(7-14)16-8-11-9-17-11/h10-11H,4-9H2,1-3H3/t10-,11-/m0/s1. The molecule has 2 atom stereocenters. The number of hydrogen-bond donors (Lipinski definition) is 0. The predicted octanol–water partition coefficient (Wildman–Crippen LogP) is 1.80. The van der Waals surface area contributed by atoms with Gasteiger partial charge in [0.2, 0.25) is 0 Å². The summed E-state index contributed by atoms with van der Waals surface area (Å²) in [4.78, 5) is 13.7. The van der Waals surface area contributed by atoms with E-state index < -0.39 is 5.60 Å². The van der Waals surface area contributed by atoms with Crippen LogP contribution >= 0.6 is 0 Å². The Hall–Kier alpha value is -0.810. The minimum absolute atomic E-state index is 0.121. The third-order valence-corrected chi connectivity index (χ3v) is 2.95. The maximum Gasteiger partial charge on any atom is 0.410 e. The number of likely N-dealkylation sites (tertiary alicyclic amines) is 1. The van der Waals surface area contributed by atoms with Crippen LogP contribution in [0.3, 0.4) is 0 Å². The maximum atomic E-state index is 11.9. The molecule has 0 bridgehead atoms. The smallest absolute Gasteiger partial charge is 0.410 e. The molecule has 104 valence electrons. The van der Waals surface area contributed by atoms with Crippen molar-refractivity contribution >= 4 is 6.09 Å². The summed E-state index contributed by atoms with van der Waals surface area (Å²) < 4.78 is 16.2. The van der Waals surface area contributed by atoms with Crippen molar-refractivity contribution in [2.75, 3.05) is 26.3 Å². The van der Waals surface area contributed by atoms with Crippen LogP contribution in [-0.2, 0) is 14.2 Å². The largest absolute Gasteiger partial charge is 0.444 e. The Morgan fingerprint density at radius 1 is 1.44 bits per heavy atom. The normalized spacial score (nSPS) is 28.1. The number of nitrogens with zero attached hydrogens (tertiary/aromatic N) is 1. The number of epoxide rings is 1. The van der Waals surface area contributed by atoms with Crippen LogP contribution in [0.25, 0.3) is 0 Å². The van der Waals surface area contributed by atoms with Crippen LogP contribution in [0, 0.1) is 0 Å². The molecule has 18 heavy (non-hydrogen) atoms. The zero-order chi connectivity index (χ0) is 13.2. The van der Waals surface area contributed by atoms with Gasteiger partial charge in [0.25, 0.3) is 0 Å². The van der Waals surface area contributed by atoms with Gasteiger partial charge in [-0.3, -0.25) is 0 Å². The zero-order valence-electron chi connectivity index (χ0n) is 11.5. The average molecular weight is 257 g/mol. The summed E-state index contributed by atoms with van der Waals surface area (Å²) in [6, 6.07) is 0. The highest BCUT2D eigenvalue weighted by molar-refractivity contribution is 5.68. The molecule has 0 saturated carbocycles. The second kappa shape index (κ2) is 5.45. The van der Waals surface area contributed by atoms with E-state index in [0.29, 0.717) is 13.2 Å². The molecule has 5 heteroatoms. The summed E-state index contributed by atoms with van der Waals surface area (Å²) >= 11 is 0. The second-order valence-electron chi connectivity index (χ2n) is 5.98. The van der Waals surface area contributed by atoms with Crippen molar-refractivity contribution in [3.05, 3.63) is 0 Å². The van der Waals surface area contributed by atoms with E-state index >= 15 is 0 Å². The number of ether oxygens (including phenoxy) is 3. The Balaban J connectivity index is 1.76. The van der Waals surface area contributed by atoms with Crippen molar-refractivity contribution in [3.8, 4) is 0 Å². The Labute approximate surface area is 108 Å². The molecule has 2 heterocycles. The Bertz CT molecular complexity index is 296. The van der Waals surface area contributed by atoms with E-state index in [0.717, 1.165) is 26.0 Å². The van der Waals surface area contributed by atoms with Gasteiger partial charge >= 0.3 is 6.09 Å². The van der Waals surface area contributed by atoms with Gasteiger partial charge in [0.1, 0.15) is 11.7 Å². The number of rotatable bonds is 3. The van der Waals surface area contributed by atoms with Gasteiger partial charge in [-0.1, -0.05) is 0 Å². The minimum atomic E-state index is -0.438. The van der Waals surface area contributed by atoms with Crippen LogP contribution < -0.4 is 0 Å². The fourth-order valence-corrected chi connectivity index (χ4v) is 1.97. The molecule has 0 aliphatic carbocycles. The molecule has 1 amide bonds. The van der Waals surface area contributed by atoms with E-state index in [2.05, 4.69) is 0 Å². The van der Waals surface area contributed by atoms with Crippen LogP contribution in [0.4, 0.5) is 4.79 Å². The fraction of sp³-hybridized carbons (Fsp3) is 0.923. The van der Waals surface area contributed by atoms with Crippen molar-refractivity contribution in [2.45, 2.75) is 51.4 Å². The van der Waals surface area contributed by atoms with Crippen LogP contribution in [-0.4, -0.2) is 55.1 Å². The molecule has 2 aliphatic heterocycles. The van der Waals surface area contributed by atoms with Crippen molar-refractivity contribution in [1.29, 1.82) is 0 Å². The number of amides is 1. The van der Waals surface area contributed by atoms with Gasteiger partial charge in [-0.05, 0) is 33.6 Å². The Morgan fingerprint density at radius 3 is 2.78 bits per heavy atom. The molecule has 2 fully saturated rings. The molecular formula is C13H23NO4. The third-order valence-electron chi connectivity index (χ3n) is 2.95. The number of carbonyl (C=O) groups is 1. The summed E-state index contributed by atoms with van der Waals surface area (Å²) in [7, 11) is 0. The molecule has 2 saturated heterocycles. The van der Waals surface area contributed by atoms with Crippen molar-refractivity contribution in [3.63, 3.8) is 0 Å². The van der Waals surface area contributed by atoms with Crippen LogP contribution in [0.5, 0.6) is 0 Å². The summed E-state index contributed by atoms with van der Waals surface area (Å²) in [5.41, 5.74) is -0.438. The first-order valence-electron chi connectivity index (χ1n) is 6.65. The molecule has 0 aromatic rings. The quantitative estimate of drug-likeness (QED) is 0.723. The van der Waals surface area contributed by atoms with E-state index in [1.807, 2.05) is 20.8 Å². The van der Waals surface area contributed by atoms with Crippen LogP contribution in [0.15, 0.2) is 0 Å². The molecule has 0 aromatic heterocycles. The lowest BCUT2D eigenvalue weighted by Gasteiger charge is -2.33. The fourth-order valence-electron chi connectivity index (χ4n) is 1.97. The zero-order valence-corrected chi connectivity index (χ0v) is 11.5. The second-order valence-corrected chi connectivity index (χ2v) is 5.98. The van der Waals surface area contributed by atoms with Gasteiger partial charge in [0, 0.05) is 6.54 Å². The minimum Gasteiger partial charge on any atom is -0.444 e. The van der Waals surface area contributed by atoms with E-state index in [4.69, 9.17) is 14.2 Å². The Morgan fingerprint density at radius 2 is 2.17 bits per heavy atom. The van der Waals surface area contributed by atoms with E-state index in [-0.39, 0.29) is 18.3 Å². The lowest BCUT2D eigenvalue weighted by Crippen LogP contribution is -2.45. The molecular weight excluding hydrogens is 234 g/mol. The van der Waals surface area contributed by atoms with Gasteiger partial charge in [-0.2, -0.15) is 0 Å². The van der Waals surface area contributed by atoms with E-state index in [1.54, 1.807) is 4.90 Å². The lowest BCUT2D eigenvalue weighted by atomic mass is 10.1. The monoisotopic (exact) mass is 257 g/mol. The maximum absolute atomic E-state index is 11.9. The molecule has 5 nitrogen and oxygen atoms in total. The first kappa shape index (κ1) is 13.6. The number of carbonyl (C=O) groups excluding carboxylic acids is 1. The molecule has 2 rings (SSSR count). The van der Waals surface area contributed by atoms with E-state index in [9.17, 15) is 4.79 Å². The van der Waals surface area contributed by atoms with Crippen molar-refractivity contribution in [2.24, 2.45) is 0 Å². The highest BCUT2D eigenvalue weighted by Gasteiger charge is 2.30. The summed E-state index contributed by atoms with van der Waals surface area (Å²) in [5.74, 6) is 0. The number of hydrogen-bond acceptors (Lipinski definition) is 4. The van der Waals surface area contributed by atoms with Gasteiger partial charge in [0.05, 0.1) is 25.9 Å². The summed E-state index contributed by atoms with van der Waals surface area (Å²) in [6.45, 7) is 8.49. The molecule has 0 aromatic carbocycles. The highest BCUT2D eigenvalue weighted by Crippen LogP contribution is 2.18. The lowest BCUT2D eigenvalue weighted by molar-refractivity contribution is -0.0234. The predicted molar refractivity (Wildman–Crippen MR) is 66.5 cm³/mol. The third kappa shape index (κ3) is 4.46. The van der Waals surface area contributed by atoms with Gasteiger partial charge in [0.15, 0.2) is 0 Å². The van der Waals surface area contributed by atoms with Crippen molar-refractivity contribution < 1.29 is 19.0 Å². The first-order chi connectivity index (χ1) is 8.44. The Kier molecular flexibility index (Phi) is 4.12. The highest BCUT2D eigenvalue weighted by atomic mass is 16.6. The summed E-state index contributed by atoms with van der Waals surface area (Å²) in [5, 5.41) is 0. The van der Waals surface area contributed by atoms with Gasteiger partial charge < -0.3 is 19.1 Å². The molecule has 0 radical (unpaired) electrons. The molecule has 0 N–H and O–H groups in total. The summed E-state index contributed by atoms with van der Waals surface area (Å²) in [6.07, 6.45) is 2.14. The number of piperidine rings is 1. The SMILES string of the molecule is CC(C)(C)OC(=O)N1CCC[C@H](OC[C@H]2CO2)C1. The van der Waals surface area contributed by atoms with E-state index in [1.165, 1.54) is 0 Å². The van der Waals surface area contributed by atoms with Gasteiger partial charge in [-0.25, -0.2) is 4.79 Å². The topological polar surface area (TPSA) is 51.3 Å². The van der Waals surface area contributed by atoms with Crippen LogP contribution in [0.2, 0.25) is 0 Å². The van der Waals surface area contributed by atoms with Crippen molar-refractivity contribution in [1.82, 2.24) is 4.90 Å².